The minimum Gasteiger partial charge on any atom is -0.477 e. The molecule has 2 N–H and O–H groups in total. The van der Waals surface area contributed by atoms with Crippen LogP contribution >= 0.6 is 33.9 Å². The van der Waals surface area contributed by atoms with Gasteiger partial charge in [0.2, 0.25) is 11.8 Å². The van der Waals surface area contributed by atoms with E-state index < -0.39 is 29.6 Å². The van der Waals surface area contributed by atoms with E-state index in [1.807, 2.05) is 30.3 Å². The van der Waals surface area contributed by atoms with Crippen molar-refractivity contribution in [3.05, 3.63) is 53.6 Å². The van der Waals surface area contributed by atoms with Gasteiger partial charge in [-0.2, -0.15) is 0 Å². The summed E-state index contributed by atoms with van der Waals surface area (Å²) >= 11 is 3.48. The van der Waals surface area contributed by atoms with Gasteiger partial charge < -0.3 is 20.2 Å². The summed E-state index contributed by atoms with van der Waals surface area (Å²) in [5, 5.41) is 14.3. The summed E-state index contributed by atoms with van der Waals surface area (Å²) in [6.07, 6.45) is 7.59. The maximum atomic E-state index is 15.8. The van der Waals surface area contributed by atoms with Crippen molar-refractivity contribution in [2.45, 2.75) is 63.7 Å². The number of hydrogen-bond donors (Lipinski definition) is 2. The average Bonchev–Trinajstić information content (AvgIpc) is 3.65. The third kappa shape index (κ3) is 7.55. The molecule has 0 aliphatic carbocycles. The van der Waals surface area contributed by atoms with Gasteiger partial charge in [-0.15, -0.1) is 11.3 Å². The Balaban J connectivity index is 1.52. The van der Waals surface area contributed by atoms with Crippen molar-refractivity contribution in [3.63, 3.8) is 0 Å². The Morgan fingerprint density at radius 2 is 1.95 bits per heavy atom. The van der Waals surface area contributed by atoms with Gasteiger partial charge in [0.15, 0.2) is 0 Å². The number of aromatic nitrogens is 1. The molecule has 1 fully saturated rings. The zero-order valence-corrected chi connectivity index (χ0v) is 26.5. The summed E-state index contributed by atoms with van der Waals surface area (Å²) in [7, 11) is 0. The Bertz CT molecular complexity index is 1310. The highest BCUT2D eigenvalue weighted by Gasteiger charge is 2.48. The van der Waals surface area contributed by atoms with E-state index in [0.29, 0.717) is 23.1 Å². The molecular weight excluding hydrogens is 674 g/mol. The number of carbonyl (C=O) groups is 4. The van der Waals surface area contributed by atoms with Crippen LogP contribution in [0.2, 0.25) is 0 Å². The molecule has 2 aromatic rings. The fourth-order valence-electron chi connectivity index (χ4n) is 5.42. The minimum atomic E-state index is -3.02. The summed E-state index contributed by atoms with van der Waals surface area (Å²) in [6.45, 7) is 1.90. The van der Waals surface area contributed by atoms with Crippen molar-refractivity contribution < 1.29 is 28.7 Å². The molecular formula is C30H36FIN4O5S. The molecule has 4 atom stereocenters. The number of thiazole rings is 1. The number of nitrogens with one attached hydrogen (secondary N) is 1. The number of carboxylic acid groups (broad SMARTS) is 1. The number of nitrogens with zero attached hydrogens (tertiary/aromatic N) is 3. The van der Waals surface area contributed by atoms with Gasteiger partial charge in [-0.05, 0) is 31.6 Å². The Kier molecular flexibility index (Phi) is 11.1. The molecule has 3 heterocycles. The fourth-order valence-corrected chi connectivity index (χ4v) is 6.81. The number of rotatable bonds is 6. The molecule has 0 unspecified atom stereocenters. The minimum absolute atomic E-state index is 0.185. The summed E-state index contributed by atoms with van der Waals surface area (Å²) in [6, 6.07) is 8.55. The van der Waals surface area contributed by atoms with E-state index in [1.54, 1.807) is 16.4 Å². The number of halogens is 2. The normalized spacial score (nSPS) is 26.5. The van der Waals surface area contributed by atoms with Crippen LogP contribution in [0.4, 0.5) is 4.39 Å². The second kappa shape index (κ2) is 14.5. The number of alkyl halides is 2. The van der Waals surface area contributed by atoms with Crippen LogP contribution in [0, 0.1) is 11.8 Å². The Morgan fingerprint density at radius 3 is 2.67 bits per heavy atom. The maximum Gasteiger partial charge on any atom is 0.363 e. The smallest absolute Gasteiger partial charge is 0.363 e. The molecule has 2 aliphatic rings. The maximum absolute atomic E-state index is 15.8. The topological polar surface area (TPSA) is 120 Å². The van der Waals surface area contributed by atoms with Crippen molar-refractivity contribution in [2.75, 3.05) is 17.6 Å². The summed E-state index contributed by atoms with van der Waals surface area (Å²) in [5.74, 6) is -7.50. The second-order valence-electron chi connectivity index (χ2n) is 10.9. The number of amides is 3. The van der Waals surface area contributed by atoms with Crippen LogP contribution < -0.4 is 5.32 Å². The SMILES string of the molecule is C[C@H]1/C=C\CCCCCCC(=O)N2C[C@H](CN(CI)C(=O)c3csc(-c4ccccc4)n3)C[C@H]2C(=O)N[C@@]1(F)C(=O)O. The lowest BCUT2D eigenvalue weighted by atomic mass is 9.96. The van der Waals surface area contributed by atoms with E-state index in [-0.39, 0.29) is 43.7 Å². The van der Waals surface area contributed by atoms with Gasteiger partial charge in [-0.1, -0.05) is 84.8 Å². The number of hydrogen-bond acceptors (Lipinski definition) is 6. The molecule has 2 aliphatic heterocycles. The second-order valence-corrected chi connectivity index (χ2v) is 12.4. The van der Waals surface area contributed by atoms with Gasteiger partial charge in [-0.25, -0.2) is 14.2 Å². The fraction of sp³-hybridized carbons (Fsp3) is 0.500. The van der Waals surface area contributed by atoms with Crippen molar-refractivity contribution in [2.24, 2.45) is 11.8 Å². The number of aliphatic carboxylic acids is 1. The molecule has 3 amide bonds. The van der Waals surface area contributed by atoms with Crippen LogP contribution in [-0.2, 0) is 14.4 Å². The van der Waals surface area contributed by atoms with Crippen LogP contribution in [0.3, 0.4) is 0 Å². The molecule has 1 aromatic heterocycles. The first kappa shape index (κ1) is 32.1. The zero-order chi connectivity index (χ0) is 30.3. The number of allylic oxidation sites excluding steroid dienone is 1. The number of benzene rings is 1. The van der Waals surface area contributed by atoms with Crippen molar-refractivity contribution in [1.29, 1.82) is 0 Å². The molecule has 226 valence electrons. The van der Waals surface area contributed by atoms with Gasteiger partial charge >= 0.3 is 5.97 Å². The molecule has 1 aromatic carbocycles. The quantitative estimate of drug-likeness (QED) is 0.183. The van der Waals surface area contributed by atoms with Crippen LogP contribution in [0.5, 0.6) is 0 Å². The molecule has 0 saturated carbocycles. The Labute approximate surface area is 262 Å². The lowest BCUT2D eigenvalue weighted by Crippen LogP contribution is -2.59. The third-order valence-electron chi connectivity index (χ3n) is 7.84. The van der Waals surface area contributed by atoms with Crippen LogP contribution in [0.1, 0.15) is 62.4 Å². The van der Waals surface area contributed by atoms with E-state index in [9.17, 15) is 24.3 Å². The lowest BCUT2D eigenvalue weighted by Gasteiger charge is -2.30. The van der Waals surface area contributed by atoms with Crippen molar-refractivity contribution >= 4 is 57.6 Å². The molecule has 9 nitrogen and oxygen atoms in total. The molecule has 0 spiro atoms. The number of fused-ring (bicyclic) bond motifs is 1. The molecule has 1 saturated heterocycles. The van der Waals surface area contributed by atoms with Crippen LogP contribution in [0.25, 0.3) is 10.6 Å². The molecule has 0 bridgehead atoms. The summed E-state index contributed by atoms with van der Waals surface area (Å²) < 4.78 is 16.1. The summed E-state index contributed by atoms with van der Waals surface area (Å²) in [4.78, 5) is 59.7. The first-order valence-electron chi connectivity index (χ1n) is 14.2. The van der Waals surface area contributed by atoms with Gasteiger partial charge in [0, 0.05) is 36.4 Å². The monoisotopic (exact) mass is 710 g/mol. The van der Waals surface area contributed by atoms with E-state index in [4.69, 9.17) is 0 Å². The lowest BCUT2D eigenvalue weighted by molar-refractivity contribution is -0.160. The average molecular weight is 711 g/mol. The molecule has 4 rings (SSSR count). The highest BCUT2D eigenvalue weighted by atomic mass is 127. The van der Waals surface area contributed by atoms with Gasteiger partial charge in [0.1, 0.15) is 16.7 Å². The van der Waals surface area contributed by atoms with Crippen LogP contribution in [0.15, 0.2) is 47.9 Å². The largest absolute Gasteiger partial charge is 0.477 e. The van der Waals surface area contributed by atoms with E-state index in [1.165, 1.54) is 29.2 Å². The first-order chi connectivity index (χ1) is 20.1. The first-order valence-corrected chi connectivity index (χ1v) is 16.6. The Morgan fingerprint density at radius 1 is 1.21 bits per heavy atom. The van der Waals surface area contributed by atoms with Crippen molar-refractivity contribution in [3.8, 4) is 10.6 Å². The number of carbonyl (C=O) groups excluding carboxylic acids is 3. The third-order valence-corrected chi connectivity index (χ3v) is 9.56. The molecule has 12 heteroatoms. The molecule has 42 heavy (non-hydrogen) atoms. The highest BCUT2D eigenvalue weighted by molar-refractivity contribution is 14.1. The zero-order valence-electron chi connectivity index (χ0n) is 23.5. The standard InChI is InChI=1S/C30H36FIN4O5S/c1-20-11-7-4-2-3-5-10-14-25(37)36-17-21(15-24(36)26(38)34-30(20,31)29(40)41)16-35(19-32)28(39)23-18-42-27(33-23)22-12-8-6-9-13-22/h6-9,11-13,18,20-21,24H,2-5,10,14-17,19H2,1H3,(H,34,38)(H,40,41)/b11-7-/t20-,21-,24-,30+/m0/s1. The molecule has 0 radical (unpaired) electrons. The summed E-state index contributed by atoms with van der Waals surface area (Å²) in [5.41, 5.74) is 1.24. The van der Waals surface area contributed by atoms with E-state index in [0.717, 1.165) is 29.8 Å². The van der Waals surface area contributed by atoms with Gasteiger partial charge in [0.25, 0.3) is 11.7 Å². The predicted octanol–water partition coefficient (Wildman–Crippen LogP) is 5.28. The van der Waals surface area contributed by atoms with Gasteiger partial charge in [0.05, 0.1) is 4.55 Å². The predicted molar refractivity (Wildman–Crippen MR) is 167 cm³/mol. The van der Waals surface area contributed by atoms with E-state index >= 15 is 4.39 Å². The van der Waals surface area contributed by atoms with Crippen LogP contribution in [-0.4, -0.2) is 73.1 Å². The Hall–Kier alpha value is -2.87. The van der Waals surface area contributed by atoms with Crippen molar-refractivity contribution in [1.82, 2.24) is 20.1 Å². The van der Waals surface area contributed by atoms with Gasteiger partial charge in [-0.3, -0.25) is 14.4 Å². The number of carboxylic acids is 1. The van der Waals surface area contributed by atoms with E-state index in [2.05, 4.69) is 32.9 Å². The highest BCUT2D eigenvalue weighted by Crippen LogP contribution is 2.30.